The van der Waals surface area contributed by atoms with Gasteiger partial charge in [-0.3, -0.25) is 9.59 Å². The molecule has 3 aromatic rings. The minimum absolute atomic E-state index is 0.0430. The van der Waals surface area contributed by atoms with Crippen LogP contribution >= 0.6 is 11.6 Å². The Bertz CT molecular complexity index is 1050. The lowest BCUT2D eigenvalue weighted by atomic mass is 9.94. The molecule has 0 radical (unpaired) electrons. The van der Waals surface area contributed by atoms with Crippen LogP contribution < -0.4 is 5.32 Å². The molecule has 0 aliphatic carbocycles. The number of anilines is 1. The van der Waals surface area contributed by atoms with E-state index >= 15 is 0 Å². The van der Waals surface area contributed by atoms with Gasteiger partial charge in [-0.2, -0.15) is 0 Å². The van der Waals surface area contributed by atoms with Gasteiger partial charge in [0.05, 0.1) is 6.04 Å². The van der Waals surface area contributed by atoms with Gasteiger partial charge in [-0.15, -0.1) is 0 Å². The van der Waals surface area contributed by atoms with Crippen molar-refractivity contribution in [3.05, 3.63) is 100 Å². The molecule has 4 rings (SSSR count). The molecule has 1 aliphatic rings. The molecule has 0 aromatic heterocycles. The van der Waals surface area contributed by atoms with Gasteiger partial charge >= 0.3 is 0 Å². The van der Waals surface area contributed by atoms with Crippen molar-refractivity contribution in [1.82, 2.24) is 4.90 Å². The fraction of sp³-hybridized carbons (Fsp3) is 0.130. The minimum Gasteiger partial charge on any atom is -0.324 e. The standard InChI is InChI=1S/C23H19ClN2O2/c1-15-10-11-20-19(12-15)22(16-6-3-2-4-7-16)26(14-21(27)25-20)23(28)17-8-5-9-18(24)13-17/h2-13,22H,14H2,1H3,(H,25,27)/t22-/m0/s1. The van der Waals surface area contributed by atoms with Gasteiger partial charge in [-0.05, 0) is 36.8 Å². The van der Waals surface area contributed by atoms with Gasteiger partial charge in [-0.25, -0.2) is 0 Å². The van der Waals surface area contributed by atoms with Gasteiger partial charge in [0.1, 0.15) is 6.54 Å². The molecule has 1 atom stereocenters. The number of amides is 2. The second-order valence-electron chi connectivity index (χ2n) is 6.90. The topological polar surface area (TPSA) is 49.4 Å². The molecule has 5 heteroatoms. The van der Waals surface area contributed by atoms with E-state index in [0.29, 0.717) is 10.6 Å². The number of carbonyl (C=O) groups excluding carboxylic acids is 2. The summed E-state index contributed by atoms with van der Waals surface area (Å²) in [5.74, 6) is -0.459. The molecule has 140 valence electrons. The van der Waals surface area contributed by atoms with E-state index in [9.17, 15) is 9.59 Å². The highest BCUT2D eigenvalue weighted by atomic mass is 35.5. The number of carbonyl (C=O) groups is 2. The second kappa shape index (κ2) is 7.49. The third-order valence-corrected chi connectivity index (χ3v) is 5.08. The summed E-state index contributed by atoms with van der Waals surface area (Å²) >= 11 is 6.09. The van der Waals surface area contributed by atoms with Crippen molar-refractivity contribution < 1.29 is 9.59 Å². The van der Waals surface area contributed by atoms with Crippen LogP contribution in [0.5, 0.6) is 0 Å². The number of halogens is 1. The third kappa shape index (κ3) is 3.51. The molecule has 0 fully saturated rings. The SMILES string of the molecule is Cc1ccc2c(c1)[C@H](c1ccccc1)N(C(=O)c1cccc(Cl)c1)CC(=O)N2. The number of nitrogens with one attached hydrogen (secondary N) is 1. The van der Waals surface area contributed by atoms with Gasteiger partial charge < -0.3 is 10.2 Å². The number of nitrogens with zero attached hydrogens (tertiary/aromatic N) is 1. The summed E-state index contributed by atoms with van der Waals surface area (Å²) in [7, 11) is 0. The predicted octanol–water partition coefficient (Wildman–Crippen LogP) is 4.83. The normalized spacial score (nSPS) is 16.1. The summed E-state index contributed by atoms with van der Waals surface area (Å²) in [6, 6.07) is 22.1. The molecular weight excluding hydrogens is 372 g/mol. The molecule has 1 heterocycles. The van der Waals surface area contributed by atoms with Crippen molar-refractivity contribution in [1.29, 1.82) is 0 Å². The predicted molar refractivity (Wildman–Crippen MR) is 111 cm³/mol. The summed E-state index contributed by atoms with van der Waals surface area (Å²) < 4.78 is 0. The Labute approximate surface area is 168 Å². The van der Waals surface area contributed by atoms with Gasteiger partial charge in [0.15, 0.2) is 0 Å². The van der Waals surface area contributed by atoms with Crippen LogP contribution in [0.1, 0.15) is 33.1 Å². The lowest BCUT2D eigenvalue weighted by Gasteiger charge is -2.31. The first-order valence-corrected chi connectivity index (χ1v) is 9.42. The zero-order valence-corrected chi connectivity index (χ0v) is 16.1. The third-order valence-electron chi connectivity index (χ3n) is 4.85. The highest BCUT2D eigenvalue weighted by Gasteiger charge is 2.34. The van der Waals surface area contributed by atoms with Crippen LogP contribution in [0.15, 0.2) is 72.8 Å². The Balaban J connectivity index is 1.89. The van der Waals surface area contributed by atoms with Crippen molar-refractivity contribution in [3.63, 3.8) is 0 Å². The van der Waals surface area contributed by atoms with Crippen molar-refractivity contribution in [2.45, 2.75) is 13.0 Å². The van der Waals surface area contributed by atoms with Crippen LogP contribution in [0.4, 0.5) is 5.69 Å². The number of fused-ring (bicyclic) bond motifs is 1. The van der Waals surface area contributed by atoms with Gasteiger partial charge in [-0.1, -0.05) is 65.7 Å². The molecule has 0 spiro atoms. The second-order valence-corrected chi connectivity index (χ2v) is 7.33. The number of aryl methyl sites for hydroxylation is 1. The van der Waals surface area contributed by atoms with Crippen molar-refractivity contribution in [2.24, 2.45) is 0 Å². The number of benzene rings is 3. The van der Waals surface area contributed by atoms with Crippen LogP contribution in [-0.4, -0.2) is 23.3 Å². The van der Waals surface area contributed by atoms with Crippen LogP contribution in [0.2, 0.25) is 5.02 Å². The average molecular weight is 391 g/mol. The van der Waals surface area contributed by atoms with E-state index in [2.05, 4.69) is 5.32 Å². The lowest BCUT2D eigenvalue weighted by Crippen LogP contribution is -2.39. The van der Waals surface area contributed by atoms with E-state index in [1.807, 2.05) is 55.5 Å². The quantitative estimate of drug-likeness (QED) is 0.681. The molecule has 4 nitrogen and oxygen atoms in total. The van der Waals surface area contributed by atoms with E-state index < -0.39 is 0 Å². The number of hydrogen-bond acceptors (Lipinski definition) is 2. The molecule has 0 saturated heterocycles. The van der Waals surface area contributed by atoms with Gasteiger partial charge in [0.2, 0.25) is 5.91 Å². The maximum Gasteiger partial charge on any atom is 0.255 e. The molecule has 28 heavy (non-hydrogen) atoms. The monoisotopic (exact) mass is 390 g/mol. The fourth-order valence-electron chi connectivity index (χ4n) is 3.60. The Morgan fingerprint density at radius 2 is 1.82 bits per heavy atom. The van der Waals surface area contributed by atoms with E-state index in [1.165, 1.54) is 0 Å². The largest absolute Gasteiger partial charge is 0.324 e. The van der Waals surface area contributed by atoms with E-state index in [0.717, 1.165) is 22.4 Å². The van der Waals surface area contributed by atoms with E-state index in [4.69, 9.17) is 11.6 Å². The van der Waals surface area contributed by atoms with Crippen LogP contribution in [-0.2, 0) is 4.79 Å². The van der Waals surface area contributed by atoms with Crippen molar-refractivity contribution in [2.75, 3.05) is 11.9 Å². The maximum atomic E-state index is 13.4. The number of rotatable bonds is 2. The van der Waals surface area contributed by atoms with E-state index in [-0.39, 0.29) is 24.4 Å². The maximum absolute atomic E-state index is 13.4. The first-order chi connectivity index (χ1) is 13.5. The molecule has 0 bridgehead atoms. The highest BCUT2D eigenvalue weighted by Crippen LogP contribution is 2.37. The van der Waals surface area contributed by atoms with E-state index in [1.54, 1.807) is 29.2 Å². The number of hydrogen-bond donors (Lipinski definition) is 1. The van der Waals surface area contributed by atoms with Crippen LogP contribution in [0, 0.1) is 6.92 Å². The Kier molecular flexibility index (Phi) is 4.88. The summed E-state index contributed by atoms with van der Waals surface area (Å²) in [6.07, 6.45) is 0. The van der Waals surface area contributed by atoms with Gasteiger partial charge in [0, 0.05) is 21.8 Å². The minimum atomic E-state index is -0.387. The first kappa shape index (κ1) is 18.3. The van der Waals surface area contributed by atoms with Crippen LogP contribution in [0.3, 0.4) is 0 Å². The van der Waals surface area contributed by atoms with Gasteiger partial charge in [0.25, 0.3) is 5.91 Å². The molecule has 1 aliphatic heterocycles. The smallest absolute Gasteiger partial charge is 0.255 e. The summed E-state index contributed by atoms with van der Waals surface area (Å²) in [5.41, 5.74) is 4.09. The molecule has 1 N–H and O–H groups in total. The summed E-state index contributed by atoms with van der Waals surface area (Å²) in [6.45, 7) is 1.96. The molecular formula is C23H19ClN2O2. The van der Waals surface area contributed by atoms with Crippen molar-refractivity contribution >= 4 is 29.1 Å². The summed E-state index contributed by atoms with van der Waals surface area (Å²) in [5, 5.41) is 3.42. The Morgan fingerprint density at radius 1 is 1.04 bits per heavy atom. The molecule has 0 saturated carbocycles. The Morgan fingerprint density at radius 3 is 2.57 bits per heavy atom. The van der Waals surface area contributed by atoms with Crippen molar-refractivity contribution in [3.8, 4) is 0 Å². The molecule has 0 unspecified atom stereocenters. The zero-order chi connectivity index (χ0) is 19.7. The molecule has 2 amide bonds. The highest BCUT2D eigenvalue weighted by molar-refractivity contribution is 6.31. The average Bonchev–Trinajstić information content (AvgIpc) is 2.83. The lowest BCUT2D eigenvalue weighted by molar-refractivity contribution is -0.117. The summed E-state index contributed by atoms with van der Waals surface area (Å²) in [4.78, 5) is 27.6. The Hall–Kier alpha value is -3.11. The molecule has 3 aromatic carbocycles. The fourth-order valence-corrected chi connectivity index (χ4v) is 3.79. The van der Waals surface area contributed by atoms with Crippen LogP contribution in [0.25, 0.3) is 0 Å². The first-order valence-electron chi connectivity index (χ1n) is 9.05. The zero-order valence-electron chi connectivity index (χ0n) is 15.4.